The molecular formula is C18H25N. The molecule has 0 aromatic heterocycles. The molecule has 1 aliphatic rings. The first-order valence-corrected chi connectivity index (χ1v) is 7.58. The quantitative estimate of drug-likeness (QED) is 0.787. The molecule has 1 atom stereocenters. The predicted octanol–water partition coefficient (Wildman–Crippen LogP) is 3.89. The first-order valence-electron chi connectivity index (χ1n) is 7.58. The molecule has 19 heavy (non-hydrogen) atoms. The van der Waals surface area contributed by atoms with E-state index in [1.54, 1.807) is 0 Å². The van der Waals surface area contributed by atoms with E-state index in [9.17, 15) is 0 Å². The van der Waals surface area contributed by atoms with Gasteiger partial charge in [-0.2, -0.15) is 0 Å². The molecule has 0 saturated heterocycles. The van der Waals surface area contributed by atoms with Gasteiger partial charge < -0.3 is 5.32 Å². The third kappa shape index (κ3) is 3.01. The number of terminal acetylenes is 1. The third-order valence-corrected chi connectivity index (χ3v) is 4.41. The lowest BCUT2D eigenvalue weighted by molar-refractivity contribution is 0.246. The van der Waals surface area contributed by atoms with Gasteiger partial charge in [-0.05, 0) is 31.4 Å². The summed E-state index contributed by atoms with van der Waals surface area (Å²) in [5.41, 5.74) is 1.56. The number of hydrogen-bond acceptors (Lipinski definition) is 1. The molecule has 1 unspecified atom stereocenters. The van der Waals surface area contributed by atoms with Crippen LogP contribution >= 0.6 is 0 Å². The topological polar surface area (TPSA) is 12.0 Å². The Kier molecular flexibility index (Phi) is 5.05. The van der Waals surface area contributed by atoms with Crippen LogP contribution < -0.4 is 5.32 Å². The van der Waals surface area contributed by atoms with E-state index in [1.165, 1.54) is 37.7 Å². The average Bonchev–Trinajstić information content (AvgIpc) is 2.50. The molecule has 1 aliphatic carbocycles. The average molecular weight is 255 g/mol. The molecule has 1 fully saturated rings. The molecule has 1 saturated carbocycles. The van der Waals surface area contributed by atoms with E-state index in [0.717, 1.165) is 13.0 Å². The fourth-order valence-electron chi connectivity index (χ4n) is 3.40. The molecule has 1 aromatic rings. The minimum atomic E-state index is 0.142. The highest BCUT2D eigenvalue weighted by Gasteiger charge is 2.40. The van der Waals surface area contributed by atoms with E-state index in [2.05, 4.69) is 48.5 Å². The number of nitrogens with one attached hydrogen (secondary N) is 1. The second-order valence-corrected chi connectivity index (χ2v) is 5.64. The monoisotopic (exact) mass is 255 g/mol. The molecule has 0 spiro atoms. The highest BCUT2D eigenvalue weighted by molar-refractivity contribution is 5.32. The summed E-state index contributed by atoms with van der Waals surface area (Å²) < 4.78 is 0. The van der Waals surface area contributed by atoms with Crippen molar-refractivity contribution in [1.82, 2.24) is 5.32 Å². The molecule has 1 N–H and O–H groups in total. The van der Waals surface area contributed by atoms with Crippen LogP contribution in [0.1, 0.15) is 51.0 Å². The van der Waals surface area contributed by atoms with Gasteiger partial charge in [-0.25, -0.2) is 0 Å². The van der Waals surface area contributed by atoms with Crippen molar-refractivity contribution in [1.29, 1.82) is 0 Å². The Balaban J connectivity index is 2.31. The maximum atomic E-state index is 5.85. The van der Waals surface area contributed by atoms with E-state index in [1.807, 2.05) is 0 Å². The van der Waals surface area contributed by atoms with Crippen LogP contribution in [0, 0.1) is 12.3 Å². The summed E-state index contributed by atoms with van der Waals surface area (Å²) >= 11 is 0. The van der Waals surface area contributed by atoms with E-state index in [4.69, 9.17) is 6.42 Å². The zero-order chi connectivity index (χ0) is 13.6. The molecule has 1 aromatic carbocycles. The Morgan fingerprint density at radius 2 is 1.89 bits per heavy atom. The molecule has 1 heteroatoms. The smallest absolute Gasteiger partial charge is 0.0784 e. The third-order valence-electron chi connectivity index (χ3n) is 4.41. The standard InChI is InChI=1S/C18H25N/c1-3-15-19-17(4-2)18(13-9-6-10-14-18)16-11-7-5-8-12-16/h2,5,7-8,11-12,17,19H,3,6,9-10,13-15H2,1H3. The minimum absolute atomic E-state index is 0.142. The van der Waals surface area contributed by atoms with Crippen molar-refractivity contribution in [3.05, 3.63) is 35.9 Å². The normalized spacial score (nSPS) is 19.6. The summed E-state index contributed by atoms with van der Waals surface area (Å²) in [6.45, 7) is 3.19. The Hall–Kier alpha value is -1.26. The largest absolute Gasteiger partial charge is 0.303 e. The van der Waals surface area contributed by atoms with Gasteiger partial charge in [0.2, 0.25) is 0 Å². The van der Waals surface area contributed by atoms with Crippen LogP contribution in [0.25, 0.3) is 0 Å². The van der Waals surface area contributed by atoms with Crippen LogP contribution in [0.5, 0.6) is 0 Å². The van der Waals surface area contributed by atoms with Crippen molar-refractivity contribution < 1.29 is 0 Å². The maximum Gasteiger partial charge on any atom is 0.0784 e. The molecule has 0 aliphatic heterocycles. The Labute approximate surface area is 117 Å². The minimum Gasteiger partial charge on any atom is -0.303 e. The number of hydrogen-bond donors (Lipinski definition) is 1. The summed E-state index contributed by atoms with van der Waals surface area (Å²) in [5.74, 6) is 3.03. The highest BCUT2D eigenvalue weighted by Crippen LogP contribution is 2.42. The van der Waals surface area contributed by atoms with Crippen LogP contribution in [0.4, 0.5) is 0 Å². The SMILES string of the molecule is C#CC(NCCC)C1(c2ccccc2)CCCCC1. The van der Waals surface area contributed by atoms with Crippen molar-refractivity contribution in [2.75, 3.05) is 6.54 Å². The first kappa shape index (κ1) is 14.2. The molecular weight excluding hydrogens is 230 g/mol. The van der Waals surface area contributed by atoms with Crippen molar-refractivity contribution >= 4 is 0 Å². The summed E-state index contributed by atoms with van der Waals surface area (Å²) in [6, 6.07) is 11.0. The van der Waals surface area contributed by atoms with Crippen LogP contribution in [0.15, 0.2) is 30.3 Å². The van der Waals surface area contributed by atoms with E-state index in [-0.39, 0.29) is 11.5 Å². The molecule has 0 radical (unpaired) electrons. The summed E-state index contributed by atoms with van der Waals surface area (Å²) in [6.07, 6.45) is 13.3. The van der Waals surface area contributed by atoms with E-state index < -0.39 is 0 Å². The lowest BCUT2D eigenvalue weighted by Crippen LogP contribution is -2.49. The van der Waals surface area contributed by atoms with Gasteiger partial charge in [-0.1, -0.05) is 62.4 Å². The Morgan fingerprint density at radius 1 is 1.21 bits per heavy atom. The first-order chi connectivity index (χ1) is 9.33. The molecule has 2 rings (SSSR count). The van der Waals surface area contributed by atoms with Crippen LogP contribution in [-0.2, 0) is 5.41 Å². The van der Waals surface area contributed by atoms with Gasteiger partial charge >= 0.3 is 0 Å². The second-order valence-electron chi connectivity index (χ2n) is 5.64. The molecule has 102 valence electrons. The Morgan fingerprint density at radius 3 is 2.47 bits per heavy atom. The van der Waals surface area contributed by atoms with Gasteiger partial charge in [-0.15, -0.1) is 6.42 Å². The summed E-state index contributed by atoms with van der Waals surface area (Å²) in [5, 5.41) is 3.59. The van der Waals surface area contributed by atoms with Crippen LogP contribution in [-0.4, -0.2) is 12.6 Å². The van der Waals surface area contributed by atoms with Crippen LogP contribution in [0.2, 0.25) is 0 Å². The summed E-state index contributed by atoms with van der Waals surface area (Å²) in [7, 11) is 0. The van der Waals surface area contributed by atoms with Crippen molar-refractivity contribution in [3.8, 4) is 12.3 Å². The van der Waals surface area contributed by atoms with Crippen LogP contribution in [0.3, 0.4) is 0 Å². The predicted molar refractivity (Wildman–Crippen MR) is 82.1 cm³/mol. The molecule has 1 nitrogen and oxygen atoms in total. The number of benzene rings is 1. The number of rotatable bonds is 5. The van der Waals surface area contributed by atoms with Gasteiger partial charge in [0, 0.05) is 5.41 Å². The fourth-order valence-corrected chi connectivity index (χ4v) is 3.40. The van der Waals surface area contributed by atoms with Gasteiger partial charge in [0.05, 0.1) is 6.04 Å². The summed E-state index contributed by atoms with van der Waals surface area (Å²) in [4.78, 5) is 0. The Bertz CT molecular complexity index is 409. The molecule has 0 heterocycles. The van der Waals surface area contributed by atoms with Gasteiger partial charge in [-0.3, -0.25) is 0 Å². The van der Waals surface area contributed by atoms with E-state index in [0.29, 0.717) is 0 Å². The van der Waals surface area contributed by atoms with Gasteiger partial charge in [0.15, 0.2) is 0 Å². The van der Waals surface area contributed by atoms with E-state index >= 15 is 0 Å². The highest BCUT2D eigenvalue weighted by atomic mass is 14.9. The molecule has 0 amide bonds. The fraction of sp³-hybridized carbons (Fsp3) is 0.556. The second kappa shape index (κ2) is 6.78. The lowest BCUT2D eigenvalue weighted by atomic mass is 9.65. The van der Waals surface area contributed by atoms with Gasteiger partial charge in [0.25, 0.3) is 0 Å². The maximum absolute atomic E-state index is 5.85. The van der Waals surface area contributed by atoms with Crippen molar-refractivity contribution in [3.63, 3.8) is 0 Å². The lowest BCUT2D eigenvalue weighted by Gasteiger charge is -2.42. The zero-order valence-corrected chi connectivity index (χ0v) is 12.0. The molecule has 0 bridgehead atoms. The van der Waals surface area contributed by atoms with Crippen molar-refractivity contribution in [2.45, 2.75) is 56.9 Å². The van der Waals surface area contributed by atoms with Gasteiger partial charge in [0.1, 0.15) is 0 Å². The van der Waals surface area contributed by atoms with Crippen molar-refractivity contribution in [2.24, 2.45) is 0 Å². The zero-order valence-electron chi connectivity index (χ0n) is 12.0.